The van der Waals surface area contributed by atoms with Gasteiger partial charge in [0.1, 0.15) is 12.5 Å². The van der Waals surface area contributed by atoms with Crippen molar-refractivity contribution >= 4 is 0 Å². The number of nitrogens with two attached hydrogens (primary N) is 2. The van der Waals surface area contributed by atoms with E-state index >= 15 is 0 Å². The molecule has 0 aromatic heterocycles. The molecular weight excluding hydrogens is 92.1 g/mol. The van der Waals surface area contributed by atoms with E-state index in [4.69, 9.17) is 16.2 Å². The summed E-state index contributed by atoms with van der Waals surface area (Å²) in [6, 6.07) is 0. The van der Waals surface area contributed by atoms with Crippen molar-refractivity contribution in [3.63, 3.8) is 0 Å². The average Bonchev–Trinajstić information content (AvgIpc) is 1.68. The highest BCUT2D eigenvalue weighted by Gasteiger charge is 1.78. The maximum Gasteiger partial charge on any atom is 0.136 e. The maximum absolute atomic E-state index is 5.02. The van der Waals surface area contributed by atoms with Gasteiger partial charge in [-0.25, -0.2) is 0 Å². The summed E-state index contributed by atoms with van der Waals surface area (Å²) in [5, 5.41) is 0. The Bertz CT molecular complexity index is 70.1. The third-order valence-corrected chi connectivity index (χ3v) is 0.546. The van der Waals surface area contributed by atoms with Crippen LogP contribution in [0.15, 0.2) is 12.0 Å². The van der Waals surface area contributed by atoms with Gasteiger partial charge in [0.2, 0.25) is 0 Å². The standard InChI is InChI=1S/C4H10N2O/c1-4(2-5)7-3-6/h2H,3,5-6H2,1H3/b4-2-. The summed E-state index contributed by atoms with van der Waals surface area (Å²) in [5.74, 6) is 0.655. The highest BCUT2D eigenvalue weighted by Crippen LogP contribution is 1.86. The van der Waals surface area contributed by atoms with E-state index in [-0.39, 0.29) is 6.73 Å². The first-order chi connectivity index (χ1) is 3.31. The topological polar surface area (TPSA) is 61.3 Å². The van der Waals surface area contributed by atoms with E-state index in [1.807, 2.05) is 0 Å². The summed E-state index contributed by atoms with van der Waals surface area (Å²) in [4.78, 5) is 0. The van der Waals surface area contributed by atoms with Gasteiger partial charge in [-0.05, 0) is 6.92 Å². The van der Waals surface area contributed by atoms with Crippen LogP contribution in [0.25, 0.3) is 0 Å². The van der Waals surface area contributed by atoms with Gasteiger partial charge in [0.05, 0.1) is 0 Å². The lowest BCUT2D eigenvalue weighted by Gasteiger charge is -1.97. The van der Waals surface area contributed by atoms with Crippen molar-refractivity contribution in [3.8, 4) is 0 Å². The molecule has 0 bridgehead atoms. The molecule has 0 atom stereocenters. The van der Waals surface area contributed by atoms with Crippen molar-refractivity contribution in [1.82, 2.24) is 0 Å². The Labute approximate surface area is 42.9 Å². The van der Waals surface area contributed by atoms with Gasteiger partial charge in [-0.3, -0.25) is 5.73 Å². The van der Waals surface area contributed by atoms with Gasteiger partial charge in [0.25, 0.3) is 0 Å². The predicted octanol–water partition coefficient (Wildman–Crippen LogP) is -0.261. The Kier molecular flexibility index (Phi) is 3.14. The Morgan fingerprint density at radius 3 is 2.57 bits per heavy atom. The molecule has 0 heterocycles. The molecule has 0 spiro atoms. The summed E-state index contributed by atoms with van der Waals surface area (Å²) in [5.41, 5.74) is 10.0. The zero-order chi connectivity index (χ0) is 5.70. The molecule has 0 aliphatic carbocycles. The van der Waals surface area contributed by atoms with Gasteiger partial charge < -0.3 is 10.5 Å². The first kappa shape index (κ1) is 6.30. The number of allylic oxidation sites excluding steroid dienone is 1. The van der Waals surface area contributed by atoms with Crippen LogP contribution in [-0.2, 0) is 4.74 Å². The number of ether oxygens (including phenoxy) is 1. The minimum Gasteiger partial charge on any atom is -0.482 e. The number of hydrogen-bond donors (Lipinski definition) is 2. The summed E-state index contributed by atoms with van der Waals surface area (Å²) in [6.07, 6.45) is 1.37. The second-order valence-electron chi connectivity index (χ2n) is 1.09. The van der Waals surface area contributed by atoms with Crippen molar-refractivity contribution in [2.45, 2.75) is 6.92 Å². The van der Waals surface area contributed by atoms with E-state index in [1.165, 1.54) is 6.20 Å². The smallest absolute Gasteiger partial charge is 0.136 e. The van der Waals surface area contributed by atoms with E-state index < -0.39 is 0 Å². The predicted molar refractivity (Wildman–Crippen MR) is 28.1 cm³/mol. The van der Waals surface area contributed by atoms with Crippen LogP contribution in [0.1, 0.15) is 6.92 Å². The van der Waals surface area contributed by atoms with Crippen molar-refractivity contribution in [2.24, 2.45) is 11.5 Å². The van der Waals surface area contributed by atoms with Crippen LogP contribution in [0.3, 0.4) is 0 Å². The zero-order valence-corrected chi connectivity index (χ0v) is 4.35. The Morgan fingerprint density at radius 2 is 2.43 bits per heavy atom. The van der Waals surface area contributed by atoms with Crippen molar-refractivity contribution in [2.75, 3.05) is 6.73 Å². The van der Waals surface area contributed by atoms with Crippen molar-refractivity contribution in [3.05, 3.63) is 12.0 Å². The molecule has 0 unspecified atom stereocenters. The van der Waals surface area contributed by atoms with Gasteiger partial charge >= 0.3 is 0 Å². The molecule has 3 heteroatoms. The summed E-state index contributed by atoms with van der Waals surface area (Å²) in [7, 11) is 0. The van der Waals surface area contributed by atoms with Crippen LogP contribution < -0.4 is 11.5 Å². The molecule has 0 rings (SSSR count). The van der Waals surface area contributed by atoms with Crippen LogP contribution in [0, 0.1) is 0 Å². The molecule has 42 valence electrons. The van der Waals surface area contributed by atoms with Gasteiger partial charge in [-0.1, -0.05) is 0 Å². The maximum atomic E-state index is 5.02. The number of rotatable bonds is 2. The molecule has 0 aromatic carbocycles. The quantitative estimate of drug-likeness (QED) is 0.373. The molecule has 0 aliphatic rings. The lowest BCUT2D eigenvalue weighted by molar-refractivity contribution is 0.222. The highest BCUT2D eigenvalue weighted by atomic mass is 16.5. The number of hydrogen-bond acceptors (Lipinski definition) is 3. The normalized spacial score (nSPS) is 11.4. The minimum atomic E-state index is 0.194. The molecule has 3 nitrogen and oxygen atoms in total. The van der Waals surface area contributed by atoms with Crippen LogP contribution in [-0.4, -0.2) is 6.73 Å². The molecular formula is C4H10N2O. The Morgan fingerprint density at radius 1 is 1.86 bits per heavy atom. The monoisotopic (exact) mass is 102 g/mol. The fourth-order valence-corrected chi connectivity index (χ4v) is 0.180. The Balaban J connectivity index is 3.17. The third-order valence-electron chi connectivity index (χ3n) is 0.546. The minimum absolute atomic E-state index is 0.194. The summed E-state index contributed by atoms with van der Waals surface area (Å²) < 4.78 is 4.70. The lowest BCUT2D eigenvalue weighted by Crippen LogP contribution is -2.03. The second-order valence-corrected chi connectivity index (χ2v) is 1.09. The molecule has 0 fully saturated rings. The van der Waals surface area contributed by atoms with Crippen LogP contribution >= 0.6 is 0 Å². The lowest BCUT2D eigenvalue weighted by atomic mass is 10.6. The van der Waals surface area contributed by atoms with E-state index in [0.717, 1.165) is 0 Å². The highest BCUT2D eigenvalue weighted by molar-refractivity contribution is 4.82. The van der Waals surface area contributed by atoms with Gasteiger partial charge in [-0.2, -0.15) is 0 Å². The fourth-order valence-electron chi connectivity index (χ4n) is 0.180. The first-order valence-electron chi connectivity index (χ1n) is 2.02. The van der Waals surface area contributed by atoms with E-state index in [2.05, 4.69) is 0 Å². The van der Waals surface area contributed by atoms with Crippen LogP contribution in [0.5, 0.6) is 0 Å². The first-order valence-corrected chi connectivity index (χ1v) is 2.02. The molecule has 0 saturated heterocycles. The summed E-state index contributed by atoms with van der Waals surface area (Å²) in [6.45, 7) is 1.94. The molecule has 0 aliphatic heterocycles. The molecule has 0 amide bonds. The van der Waals surface area contributed by atoms with Crippen molar-refractivity contribution < 1.29 is 4.74 Å². The largest absolute Gasteiger partial charge is 0.482 e. The average molecular weight is 102 g/mol. The second kappa shape index (κ2) is 3.49. The molecule has 0 radical (unpaired) electrons. The van der Waals surface area contributed by atoms with E-state index in [0.29, 0.717) is 5.76 Å². The van der Waals surface area contributed by atoms with Gasteiger partial charge in [0, 0.05) is 6.20 Å². The van der Waals surface area contributed by atoms with Crippen LogP contribution in [0.4, 0.5) is 0 Å². The molecule has 4 N–H and O–H groups in total. The van der Waals surface area contributed by atoms with Crippen LogP contribution in [0.2, 0.25) is 0 Å². The molecule has 0 saturated carbocycles. The summed E-state index contributed by atoms with van der Waals surface area (Å²) >= 11 is 0. The van der Waals surface area contributed by atoms with Crippen molar-refractivity contribution in [1.29, 1.82) is 0 Å². The van der Waals surface area contributed by atoms with Gasteiger partial charge in [-0.15, -0.1) is 0 Å². The molecule has 7 heavy (non-hydrogen) atoms. The van der Waals surface area contributed by atoms with E-state index in [9.17, 15) is 0 Å². The SMILES string of the molecule is C/C(=C/N)OCN. The van der Waals surface area contributed by atoms with Gasteiger partial charge in [0.15, 0.2) is 0 Å². The zero-order valence-electron chi connectivity index (χ0n) is 4.35. The third kappa shape index (κ3) is 3.12. The van der Waals surface area contributed by atoms with E-state index in [1.54, 1.807) is 6.92 Å². The fraction of sp³-hybridized carbons (Fsp3) is 0.500. The molecule has 0 aromatic rings. The Hall–Kier alpha value is -0.700.